The number of rotatable bonds is 2. The zero-order valence-electron chi connectivity index (χ0n) is 12.1. The molecular formula is C17H24N2O. The number of anilines is 1. The van der Waals surface area contributed by atoms with Crippen LogP contribution in [0.25, 0.3) is 0 Å². The number of carbonyl (C=O) groups is 1. The molecule has 2 aliphatic rings. The van der Waals surface area contributed by atoms with E-state index in [0.29, 0.717) is 11.8 Å². The molecule has 0 radical (unpaired) electrons. The Labute approximate surface area is 121 Å². The Morgan fingerprint density at radius 2 is 1.65 bits per heavy atom. The fourth-order valence-electron chi connectivity index (χ4n) is 3.47. The minimum Gasteiger partial charge on any atom is -0.370 e. The zero-order valence-corrected chi connectivity index (χ0v) is 12.1. The van der Waals surface area contributed by atoms with Gasteiger partial charge in [0.05, 0.1) is 0 Å². The summed E-state index contributed by atoms with van der Waals surface area (Å²) in [7, 11) is 0. The van der Waals surface area contributed by atoms with Gasteiger partial charge in [-0.2, -0.15) is 0 Å². The molecule has 20 heavy (non-hydrogen) atoms. The van der Waals surface area contributed by atoms with Gasteiger partial charge in [-0.1, -0.05) is 31.0 Å². The smallest absolute Gasteiger partial charge is 0.225 e. The average molecular weight is 272 g/mol. The molecule has 1 aliphatic heterocycles. The van der Waals surface area contributed by atoms with E-state index in [2.05, 4.69) is 40.1 Å². The van der Waals surface area contributed by atoms with Gasteiger partial charge in [0.15, 0.2) is 0 Å². The lowest BCUT2D eigenvalue weighted by atomic mass is 10.1. The molecular weight excluding hydrogens is 248 g/mol. The standard InChI is InChI=1S/C17H24N2O/c20-17(15-7-4-5-8-15)19-12-6-11-18(13-14-19)16-9-2-1-3-10-16/h1-3,9-10,15H,4-8,11-14H2. The van der Waals surface area contributed by atoms with Gasteiger partial charge in [0.25, 0.3) is 0 Å². The second-order valence-corrected chi connectivity index (χ2v) is 5.98. The average Bonchev–Trinajstić information content (AvgIpc) is 2.92. The highest BCUT2D eigenvalue weighted by Gasteiger charge is 2.28. The quantitative estimate of drug-likeness (QED) is 0.826. The maximum absolute atomic E-state index is 12.5. The number of hydrogen-bond donors (Lipinski definition) is 0. The summed E-state index contributed by atoms with van der Waals surface area (Å²) in [5.41, 5.74) is 1.28. The molecule has 1 saturated carbocycles. The lowest BCUT2D eigenvalue weighted by Gasteiger charge is -2.25. The van der Waals surface area contributed by atoms with Crippen molar-refractivity contribution in [3.05, 3.63) is 30.3 Å². The van der Waals surface area contributed by atoms with E-state index in [4.69, 9.17) is 0 Å². The zero-order chi connectivity index (χ0) is 13.8. The number of carbonyl (C=O) groups excluding carboxylic acids is 1. The SMILES string of the molecule is O=C(C1CCCC1)N1CCCN(c2ccccc2)CC1. The van der Waals surface area contributed by atoms with Crippen LogP contribution in [0.5, 0.6) is 0 Å². The first-order valence-electron chi connectivity index (χ1n) is 7.93. The van der Waals surface area contributed by atoms with Crippen molar-refractivity contribution in [2.75, 3.05) is 31.1 Å². The van der Waals surface area contributed by atoms with Crippen molar-refractivity contribution in [3.63, 3.8) is 0 Å². The van der Waals surface area contributed by atoms with Crippen LogP contribution in [-0.2, 0) is 4.79 Å². The van der Waals surface area contributed by atoms with Crippen molar-refractivity contribution in [2.45, 2.75) is 32.1 Å². The molecule has 0 atom stereocenters. The molecule has 0 bridgehead atoms. The monoisotopic (exact) mass is 272 g/mol. The van der Waals surface area contributed by atoms with Crippen LogP contribution in [0.1, 0.15) is 32.1 Å². The largest absolute Gasteiger partial charge is 0.370 e. The molecule has 1 saturated heterocycles. The van der Waals surface area contributed by atoms with Crippen LogP contribution in [0, 0.1) is 5.92 Å². The Kier molecular flexibility index (Phi) is 4.24. The first kappa shape index (κ1) is 13.5. The van der Waals surface area contributed by atoms with Crippen LogP contribution < -0.4 is 4.90 Å². The number of para-hydroxylation sites is 1. The lowest BCUT2D eigenvalue weighted by Crippen LogP contribution is -2.38. The second-order valence-electron chi connectivity index (χ2n) is 5.98. The molecule has 3 heteroatoms. The Balaban J connectivity index is 1.60. The van der Waals surface area contributed by atoms with Gasteiger partial charge < -0.3 is 9.80 Å². The van der Waals surface area contributed by atoms with Gasteiger partial charge in [-0.15, -0.1) is 0 Å². The minimum absolute atomic E-state index is 0.318. The van der Waals surface area contributed by atoms with Crippen LogP contribution in [0.15, 0.2) is 30.3 Å². The van der Waals surface area contributed by atoms with Crippen molar-refractivity contribution in [1.82, 2.24) is 4.90 Å². The number of benzene rings is 1. The van der Waals surface area contributed by atoms with E-state index in [1.807, 2.05) is 0 Å². The number of nitrogens with zero attached hydrogens (tertiary/aromatic N) is 2. The van der Waals surface area contributed by atoms with Crippen molar-refractivity contribution in [1.29, 1.82) is 0 Å². The third kappa shape index (κ3) is 2.97. The normalized spacial score (nSPS) is 21.0. The summed E-state index contributed by atoms with van der Waals surface area (Å²) < 4.78 is 0. The highest BCUT2D eigenvalue weighted by Crippen LogP contribution is 2.27. The minimum atomic E-state index is 0.318. The van der Waals surface area contributed by atoms with Crippen LogP contribution in [0.2, 0.25) is 0 Å². The third-order valence-corrected chi connectivity index (χ3v) is 4.63. The molecule has 1 aromatic rings. The van der Waals surface area contributed by atoms with Crippen molar-refractivity contribution >= 4 is 11.6 Å². The predicted octanol–water partition coefficient (Wildman–Crippen LogP) is 2.92. The molecule has 0 spiro atoms. The summed E-state index contributed by atoms with van der Waals surface area (Å²) in [6.45, 7) is 3.82. The molecule has 0 unspecified atom stereocenters. The summed E-state index contributed by atoms with van der Waals surface area (Å²) in [6.07, 6.45) is 5.77. The maximum atomic E-state index is 12.5. The van der Waals surface area contributed by atoms with Crippen LogP contribution in [-0.4, -0.2) is 37.0 Å². The molecule has 1 aromatic carbocycles. The van der Waals surface area contributed by atoms with Gasteiger partial charge in [-0.25, -0.2) is 0 Å². The van der Waals surface area contributed by atoms with E-state index in [1.54, 1.807) is 0 Å². The molecule has 3 nitrogen and oxygen atoms in total. The summed E-state index contributed by atoms with van der Waals surface area (Å²) in [5.74, 6) is 0.732. The fourth-order valence-corrected chi connectivity index (χ4v) is 3.47. The van der Waals surface area contributed by atoms with Crippen molar-refractivity contribution in [2.24, 2.45) is 5.92 Å². The summed E-state index contributed by atoms with van der Waals surface area (Å²) >= 11 is 0. The van der Waals surface area contributed by atoms with Crippen molar-refractivity contribution < 1.29 is 4.79 Å². The highest BCUT2D eigenvalue weighted by molar-refractivity contribution is 5.79. The van der Waals surface area contributed by atoms with E-state index in [1.165, 1.54) is 18.5 Å². The Morgan fingerprint density at radius 3 is 2.40 bits per heavy atom. The number of hydrogen-bond acceptors (Lipinski definition) is 2. The molecule has 0 N–H and O–H groups in total. The topological polar surface area (TPSA) is 23.6 Å². The van der Waals surface area contributed by atoms with Crippen LogP contribution >= 0.6 is 0 Å². The first-order valence-corrected chi connectivity index (χ1v) is 7.93. The van der Waals surface area contributed by atoms with Gasteiger partial charge in [0, 0.05) is 37.8 Å². The van der Waals surface area contributed by atoms with Crippen LogP contribution in [0.3, 0.4) is 0 Å². The molecule has 108 valence electrons. The molecule has 0 aromatic heterocycles. The maximum Gasteiger partial charge on any atom is 0.225 e. The number of amides is 1. The first-order chi connectivity index (χ1) is 9.84. The van der Waals surface area contributed by atoms with Gasteiger partial charge in [0.1, 0.15) is 0 Å². The fraction of sp³-hybridized carbons (Fsp3) is 0.588. The van der Waals surface area contributed by atoms with E-state index in [9.17, 15) is 4.79 Å². The Bertz CT molecular complexity index is 440. The third-order valence-electron chi connectivity index (χ3n) is 4.63. The Hall–Kier alpha value is -1.51. The van der Waals surface area contributed by atoms with Gasteiger partial charge >= 0.3 is 0 Å². The lowest BCUT2D eigenvalue weighted by molar-refractivity contribution is -0.135. The molecule has 1 aliphatic carbocycles. The van der Waals surface area contributed by atoms with Gasteiger partial charge in [-0.05, 0) is 31.4 Å². The van der Waals surface area contributed by atoms with Crippen LogP contribution in [0.4, 0.5) is 5.69 Å². The molecule has 3 rings (SSSR count). The molecule has 2 fully saturated rings. The van der Waals surface area contributed by atoms with E-state index < -0.39 is 0 Å². The summed E-state index contributed by atoms with van der Waals surface area (Å²) in [5, 5.41) is 0. The summed E-state index contributed by atoms with van der Waals surface area (Å²) in [4.78, 5) is 17.0. The van der Waals surface area contributed by atoms with E-state index in [-0.39, 0.29) is 0 Å². The van der Waals surface area contributed by atoms with E-state index >= 15 is 0 Å². The highest BCUT2D eigenvalue weighted by atomic mass is 16.2. The Morgan fingerprint density at radius 1 is 0.900 bits per heavy atom. The molecule has 1 heterocycles. The predicted molar refractivity (Wildman–Crippen MR) is 81.8 cm³/mol. The summed E-state index contributed by atoms with van der Waals surface area (Å²) in [6, 6.07) is 10.5. The van der Waals surface area contributed by atoms with Gasteiger partial charge in [-0.3, -0.25) is 4.79 Å². The molecule has 1 amide bonds. The van der Waals surface area contributed by atoms with Crippen molar-refractivity contribution in [3.8, 4) is 0 Å². The second kappa shape index (κ2) is 6.29. The van der Waals surface area contributed by atoms with E-state index in [0.717, 1.165) is 45.4 Å². The van der Waals surface area contributed by atoms with Gasteiger partial charge in [0.2, 0.25) is 5.91 Å².